The Bertz CT molecular complexity index is 838. The zero-order valence-corrected chi connectivity index (χ0v) is 16.4. The van der Waals surface area contributed by atoms with Gasteiger partial charge in [-0.05, 0) is 47.7 Å². The first-order chi connectivity index (χ1) is 13.0. The monoisotopic (exact) mass is 365 g/mol. The first-order valence-electron chi connectivity index (χ1n) is 8.96. The van der Waals surface area contributed by atoms with Crippen molar-refractivity contribution in [2.24, 2.45) is 0 Å². The maximum atomic E-state index is 12.4. The topological polar surface area (TPSA) is 47.6 Å². The average Bonchev–Trinajstić information content (AvgIpc) is 2.66. The Kier molecular flexibility index (Phi) is 7.24. The summed E-state index contributed by atoms with van der Waals surface area (Å²) in [6, 6.07) is 11.6. The van der Waals surface area contributed by atoms with Gasteiger partial charge in [0.1, 0.15) is 6.61 Å². The van der Waals surface area contributed by atoms with Crippen LogP contribution in [0.5, 0.6) is 11.5 Å². The largest absolute Gasteiger partial charge is 0.493 e. The molecule has 0 fully saturated rings. The molecule has 0 atom stereocenters. The van der Waals surface area contributed by atoms with E-state index in [9.17, 15) is 4.79 Å². The molecule has 0 bridgehead atoms. The molecule has 2 rings (SSSR count). The van der Waals surface area contributed by atoms with Gasteiger partial charge in [0, 0.05) is 11.8 Å². The highest BCUT2D eigenvalue weighted by molar-refractivity contribution is 6.02. The second-order valence-corrected chi connectivity index (χ2v) is 6.53. The summed E-state index contributed by atoms with van der Waals surface area (Å²) in [5, 5.41) is 3.01. The molecule has 4 nitrogen and oxygen atoms in total. The summed E-state index contributed by atoms with van der Waals surface area (Å²) in [5.41, 5.74) is 3.91. The summed E-state index contributed by atoms with van der Waals surface area (Å²) in [4.78, 5) is 12.4. The number of nitrogens with one attached hydrogen (secondary N) is 1. The third-order valence-corrected chi connectivity index (χ3v) is 4.15. The lowest BCUT2D eigenvalue weighted by molar-refractivity contribution is -0.111. The Hall–Kier alpha value is -3.01. The molecule has 0 spiro atoms. The van der Waals surface area contributed by atoms with Crippen molar-refractivity contribution >= 4 is 17.7 Å². The van der Waals surface area contributed by atoms with Crippen LogP contribution in [-0.4, -0.2) is 19.6 Å². The van der Waals surface area contributed by atoms with Crippen molar-refractivity contribution in [2.75, 3.05) is 19.0 Å². The van der Waals surface area contributed by atoms with Crippen molar-refractivity contribution in [3.8, 4) is 11.5 Å². The fourth-order valence-corrected chi connectivity index (χ4v) is 2.73. The molecule has 0 saturated carbocycles. The third-order valence-electron chi connectivity index (χ3n) is 4.15. The molecule has 4 heteroatoms. The lowest BCUT2D eigenvalue weighted by atomic mass is 9.98. The fourth-order valence-electron chi connectivity index (χ4n) is 2.73. The SMILES string of the molecule is C=CCOc1ccc(/C=C/C(=O)Nc2c(C)cccc2C(C)C)cc1OC. The van der Waals surface area contributed by atoms with Crippen molar-refractivity contribution in [1.82, 2.24) is 0 Å². The Morgan fingerprint density at radius 2 is 2.00 bits per heavy atom. The van der Waals surface area contributed by atoms with E-state index >= 15 is 0 Å². The van der Waals surface area contributed by atoms with Crippen LogP contribution >= 0.6 is 0 Å². The maximum absolute atomic E-state index is 12.4. The Balaban J connectivity index is 2.14. The highest BCUT2D eigenvalue weighted by Crippen LogP contribution is 2.29. The minimum absolute atomic E-state index is 0.169. The minimum atomic E-state index is -0.169. The van der Waals surface area contributed by atoms with E-state index in [1.165, 1.54) is 6.08 Å². The molecule has 0 aliphatic carbocycles. The molecule has 0 aliphatic rings. The number of aryl methyl sites for hydroxylation is 1. The summed E-state index contributed by atoms with van der Waals surface area (Å²) in [7, 11) is 1.59. The highest BCUT2D eigenvalue weighted by atomic mass is 16.5. The summed E-state index contributed by atoms with van der Waals surface area (Å²) in [6.07, 6.45) is 4.95. The van der Waals surface area contributed by atoms with Crippen LogP contribution in [0.15, 0.2) is 55.1 Å². The molecule has 1 N–H and O–H groups in total. The number of amides is 1. The number of rotatable bonds is 8. The van der Waals surface area contributed by atoms with Crippen LogP contribution in [0.3, 0.4) is 0 Å². The number of benzene rings is 2. The van der Waals surface area contributed by atoms with Gasteiger partial charge in [-0.3, -0.25) is 4.79 Å². The fraction of sp³-hybridized carbons (Fsp3) is 0.261. The zero-order chi connectivity index (χ0) is 19.8. The van der Waals surface area contributed by atoms with Crippen molar-refractivity contribution in [3.63, 3.8) is 0 Å². The van der Waals surface area contributed by atoms with Gasteiger partial charge in [0.2, 0.25) is 5.91 Å². The number of hydrogen-bond acceptors (Lipinski definition) is 3. The van der Waals surface area contributed by atoms with Crippen LogP contribution in [0.1, 0.15) is 36.5 Å². The van der Waals surface area contributed by atoms with Crippen LogP contribution in [-0.2, 0) is 4.79 Å². The van der Waals surface area contributed by atoms with E-state index in [2.05, 4.69) is 25.7 Å². The third kappa shape index (κ3) is 5.48. The number of methoxy groups -OCH3 is 1. The smallest absolute Gasteiger partial charge is 0.248 e. The van der Waals surface area contributed by atoms with Crippen molar-refractivity contribution in [2.45, 2.75) is 26.7 Å². The molecule has 0 heterocycles. The summed E-state index contributed by atoms with van der Waals surface area (Å²) >= 11 is 0. The van der Waals surface area contributed by atoms with Gasteiger partial charge in [-0.1, -0.05) is 50.8 Å². The first kappa shape index (κ1) is 20.3. The van der Waals surface area contributed by atoms with E-state index in [1.807, 2.05) is 43.3 Å². The molecular weight excluding hydrogens is 338 g/mol. The van der Waals surface area contributed by atoms with Crippen molar-refractivity contribution in [1.29, 1.82) is 0 Å². The normalized spacial score (nSPS) is 10.9. The second-order valence-electron chi connectivity index (χ2n) is 6.53. The van der Waals surface area contributed by atoms with Crippen LogP contribution in [0.2, 0.25) is 0 Å². The van der Waals surface area contributed by atoms with E-state index in [-0.39, 0.29) is 5.91 Å². The number of para-hydroxylation sites is 1. The van der Waals surface area contributed by atoms with E-state index in [0.29, 0.717) is 24.0 Å². The van der Waals surface area contributed by atoms with Gasteiger partial charge >= 0.3 is 0 Å². The molecule has 2 aromatic carbocycles. The average molecular weight is 365 g/mol. The summed E-state index contributed by atoms with van der Waals surface area (Å²) in [6.45, 7) is 10.3. The van der Waals surface area contributed by atoms with Gasteiger partial charge in [-0.15, -0.1) is 0 Å². The van der Waals surface area contributed by atoms with E-state index in [0.717, 1.165) is 22.4 Å². The number of carbonyl (C=O) groups is 1. The predicted molar refractivity (Wildman–Crippen MR) is 112 cm³/mol. The van der Waals surface area contributed by atoms with Gasteiger partial charge < -0.3 is 14.8 Å². The molecule has 27 heavy (non-hydrogen) atoms. The lowest BCUT2D eigenvalue weighted by Crippen LogP contribution is -2.11. The zero-order valence-electron chi connectivity index (χ0n) is 16.4. The molecule has 0 radical (unpaired) electrons. The lowest BCUT2D eigenvalue weighted by Gasteiger charge is -2.15. The first-order valence-corrected chi connectivity index (χ1v) is 8.96. The van der Waals surface area contributed by atoms with E-state index in [4.69, 9.17) is 9.47 Å². The second kappa shape index (κ2) is 9.62. The molecule has 142 valence electrons. The maximum Gasteiger partial charge on any atom is 0.248 e. The molecule has 2 aromatic rings. The standard InChI is InChI=1S/C23H27NO3/c1-6-14-27-20-12-10-18(15-21(20)26-5)11-13-22(25)24-23-17(4)8-7-9-19(23)16(2)3/h6-13,15-16H,1,14H2,2-5H3,(H,24,25)/b13-11+. The van der Waals surface area contributed by atoms with Crippen LogP contribution < -0.4 is 14.8 Å². The Labute approximate surface area is 161 Å². The number of hydrogen-bond donors (Lipinski definition) is 1. The molecule has 0 aliphatic heterocycles. The van der Waals surface area contributed by atoms with Gasteiger partial charge in [0.25, 0.3) is 0 Å². The highest BCUT2D eigenvalue weighted by Gasteiger charge is 2.11. The van der Waals surface area contributed by atoms with Gasteiger partial charge in [-0.25, -0.2) is 0 Å². The molecule has 0 saturated heterocycles. The van der Waals surface area contributed by atoms with E-state index < -0.39 is 0 Å². The Morgan fingerprint density at radius 1 is 1.22 bits per heavy atom. The van der Waals surface area contributed by atoms with E-state index in [1.54, 1.807) is 19.3 Å². The quantitative estimate of drug-likeness (QED) is 0.507. The summed E-state index contributed by atoms with van der Waals surface area (Å²) < 4.78 is 10.9. The molecule has 0 unspecified atom stereocenters. The number of anilines is 1. The molecule has 0 aromatic heterocycles. The van der Waals surface area contributed by atoms with Crippen LogP contribution in [0.4, 0.5) is 5.69 Å². The molecular formula is C23H27NO3. The minimum Gasteiger partial charge on any atom is -0.493 e. The van der Waals surface area contributed by atoms with Gasteiger partial charge in [0.05, 0.1) is 7.11 Å². The van der Waals surface area contributed by atoms with Crippen LogP contribution in [0.25, 0.3) is 6.08 Å². The Morgan fingerprint density at radius 3 is 2.67 bits per heavy atom. The molecule has 1 amide bonds. The summed E-state index contributed by atoms with van der Waals surface area (Å²) in [5.74, 6) is 1.41. The number of carbonyl (C=O) groups excluding carboxylic acids is 1. The van der Waals surface area contributed by atoms with Crippen molar-refractivity contribution in [3.05, 3.63) is 71.8 Å². The van der Waals surface area contributed by atoms with Crippen LogP contribution in [0, 0.1) is 6.92 Å². The predicted octanol–water partition coefficient (Wildman–Crippen LogP) is 5.34. The van der Waals surface area contributed by atoms with Gasteiger partial charge in [-0.2, -0.15) is 0 Å². The van der Waals surface area contributed by atoms with Gasteiger partial charge in [0.15, 0.2) is 11.5 Å². The number of ether oxygens (including phenoxy) is 2. The van der Waals surface area contributed by atoms with Crippen molar-refractivity contribution < 1.29 is 14.3 Å².